The SMILES string of the molecule is c1ccc(-n2c3cc(-c4ccc(-c5cccnc5)c5ccccc45)ccc3c3ccc4cc(-c5ccccn5)ccc4c32)cc1. The second-order valence-corrected chi connectivity index (χ2v) is 11.5. The molecule has 0 spiro atoms. The van der Waals surface area contributed by atoms with Gasteiger partial charge in [-0.25, -0.2) is 0 Å². The Kier molecular flexibility index (Phi) is 5.82. The van der Waals surface area contributed by atoms with Crippen LogP contribution in [0.1, 0.15) is 0 Å². The third-order valence-corrected chi connectivity index (χ3v) is 8.93. The van der Waals surface area contributed by atoms with Crippen LogP contribution in [0.15, 0.2) is 164 Å². The van der Waals surface area contributed by atoms with Crippen molar-refractivity contribution < 1.29 is 0 Å². The van der Waals surface area contributed by atoms with Crippen LogP contribution < -0.4 is 0 Å². The lowest BCUT2D eigenvalue weighted by Crippen LogP contribution is -1.94. The molecule has 0 aliphatic heterocycles. The molecule has 0 saturated carbocycles. The number of benzene rings is 6. The van der Waals surface area contributed by atoms with Crippen LogP contribution in [0.25, 0.3) is 82.5 Å². The van der Waals surface area contributed by atoms with Gasteiger partial charge in [0, 0.05) is 51.6 Å². The third-order valence-electron chi connectivity index (χ3n) is 8.93. The Morgan fingerprint density at radius 3 is 1.96 bits per heavy atom. The number of pyridine rings is 2. The molecule has 0 amide bonds. The van der Waals surface area contributed by atoms with Crippen molar-refractivity contribution in [2.24, 2.45) is 0 Å². The number of hydrogen-bond donors (Lipinski definition) is 0. The summed E-state index contributed by atoms with van der Waals surface area (Å²) in [6.45, 7) is 0. The van der Waals surface area contributed by atoms with Crippen molar-refractivity contribution in [1.29, 1.82) is 0 Å². The zero-order chi connectivity index (χ0) is 29.7. The van der Waals surface area contributed by atoms with Gasteiger partial charge in [0.25, 0.3) is 0 Å². The molecule has 9 aromatic rings. The Morgan fingerprint density at radius 2 is 1.18 bits per heavy atom. The fourth-order valence-corrected chi connectivity index (χ4v) is 6.87. The summed E-state index contributed by atoms with van der Waals surface area (Å²) in [5.74, 6) is 0. The molecule has 0 saturated heterocycles. The topological polar surface area (TPSA) is 30.7 Å². The Labute approximate surface area is 260 Å². The van der Waals surface area contributed by atoms with E-state index < -0.39 is 0 Å². The molecule has 0 bridgehead atoms. The Balaban J connectivity index is 1.31. The molecule has 3 aromatic heterocycles. The van der Waals surface area contributed by atoms with E-state index >= 15 is 0 Å². The highest BCUT2D eigenvalue weighted by Gasteiger charge is 2.17. The van der Waals surface area contributed by atoms with Gasteiger partial charge < -0.3 is 4.57 Å². The predicted octanol–water partition coefficient (Wildman–Crippen LogP) is 10.9. The van der Waals surface area contributed by atoms with Crippen molar-refractivity contribution in [1.82, 2.24) is 14.5 Å². The first-order chi connectivity index (χ1) is 22.3. The highest BCUT2D eigenvalue weighted by molar-refractivity contribution is 6.19. The monoisotopic (exact) mass is 573 g/mol. The second-order valence-electron chi connectivity index (χ2n) is 11.5. The molecule has 3 nitrogen and oxygen atoms in total. The number of para-hydroxylation sites is 1. The van der Waals surface area contributed by atoms with Crippen LogP contribution in [0.3, 0.4) is 0 Å². The van der Waals surface area contributed by atoms with Crippen LogP contribution in [0.4, 0.5) is 0 Å². The van der Waals surface area contributed by atoms with Gasteiger partial charge >= 0.3 is 0 Å². The minimum Gasteiger partial charge on any atom is -0.309 e. The van der Waals surface area contributed by atoms with E-state index in [9.17, 15) is 0 Å². The Bertz CT molecular complexity index is 2510. The molecule has 3 heteroatoms. The molecule has 0 aliphatic carbocycles. The summed E-state index contributed by atoms with van der Waals surface area (Å²) in [7, 11) is 0. The fraction of sp³-hybridized carbons (Fsp3) is 0. The van der Waals surface area contributed by atoms with E-state index in [1.807, 2.05) is 36.8 Å². The lowest BCUT2D eigenvalue weighted by atomic mass is 9.92. The number of rotatable bonds is 4. The van der Waals surface area contributed by atoms with Crippen molar-refractivity contribution in [2.45, 2.75) is 0 Å². The molecular weight excluding hydrogens is 546 g/mol. The first-order valence-electron chi connectivity index (χ1n) is 15.2. The van der Waals surface area contributed by atoms with Gasteiger partial charge in [0.1, 0.15) is 0 Å². The van der Waals surface area contributed by atoms with Crippen molar-refractivity contribution in [2.75, 3.05) is 0 Å². The molecule has 0 atom stereocenters. The van der Waals surface area contributed by atoms with Gasteiger partial charge in [0.15, 0.2) is 0 Å². The standard InChI is InChI=1S/C42H27N3/c1-2-10-32(11-3-1)45-41-26-29(33-21-22-34(31-9-8-23-43-27-31)37-13-5-4-12-36(33)37)15-19-38(41)39-20-16-28-25-30(17-18-35(28)42(39)45)40-14-6-7-24-44-40/h1-27H. The third kappa shape index (κ3) is 4.13. The van der Waals surface area contributed by atoms with Gasteiger partial charge in [-0.1, -0.05) is 103 Å². The number of hydrogen-bond acceptors (Lipinski definition) is 2. The van der Waals surface area contributed by atoms with E-state index in [1.54, 1.807) is 0 Å². The smallest absolute Gasteiger partial charge is 0.0702 e. The molecular formula is C42H27N3. The van der Waals surface area contributed by atoms with Crippen LogP contribution >= 0.6 is 0 Å². The van der Waals surface area contributed by atoms with Gasteiger partial charge in [-0.2, -0.15) is 0 Å². The van der Waals surface area contributed by atoms with Crippen LogP contribution in [0, 0.1) is 0 Å². The summed E-state index contributed by atoms with van der Waals surface area (Å²) in [5.41, 5.74) is 10.4. The van der Waals surface area contributed by atoms with E-state index in [-0.39, 0.29) is 0 Å². The summed E-state index contributed by atoms with van der Waals surface area (Å²) >= 11 is 0. The molecule has 0 unspecified atom stereocenters. The lowest BCUT2D eigenvalue weighted by molar-refractivity contribution is 1.19. The normalized spacial score (nSPS) is 11.6. The molecule has 0 fully saturated rings. The van der Waals surface area contributed by atoms with Crippen molar-refractivity contribution >= 4 is 43.4 Å². The quantitative estimate of drug-likeness (QED) is 0.210. The zero-order valence-corrected chi connectivity index (χ0v) is 24.4. The first-order valence-corrected chi connectivity index (χ1v) is 15.2. The summed E-state index contributed by atoms with van der Waals surface area (Å²) in [6, 6.07) is 52.2. The van der Waals surface area contributed by atoms with E-state index in [0.29, 0.717) is 0 Å². The largest absolute Gasteiger partial charge is 0.309 e. The highest BCUT2D eigenvalue weighted by atomic mass is 15.0. The van der Waals surface area contributed by atoms with Gasteiger partial charge in [-0.3, -0.25) is 9.97 Å². The molecule has 3 heterocycles. The summed E-state index contributed by atoms with van der Waals surface area (Å²) in [6.07, 6.45) is 5.61. The van der Waals surface area contributed by atoms with E-state index in [4.69, 9.17) is 0 Å². The lowest BCUT2D eigenvalue weighted by Gasteiger charge is -2.13. The van der Waals surface area contributed by atoms with E-state index in [2.05, 4.69) is 142 Å². The Hall–Kier alpha value is -6.06. The maximum absolute atomic E-state index is 4.59. The number of aromatic nitrogens is 3. The number of nitrogens with zero attached hydrogens (tertiary/aromatic N) is 3. The van der Waals surface area contributed by atoms with E-state index in [1.165, 1.54) is 60.0 Å². The second kappa shape index (κ2) is 10.3. The molecule has 6 aromatic carbocycles. The molecule has 210 valence electrons. The fourth-order valence-electron chi connectivity index (χ4n) is 6.87. The molecule has 0 aliphatic rings. The van der Waals surface area contributed by atoms with Crippen molar-refractivity contribution in [3.63, 3.8) is 0 Å². The van der Waals surface area contributed by atoms with E-state index in [0.717, 1.165) is 22.5 Å². The minimum absolute atomic E-state index is 0.981. The molecule has 45 heavy (non-hydrogen) atoms. The molecule has 9 rings (SSSR count). The van der Waals surface area contributed by atoms with Gasteiger partial charge in [0.2, 0.25) is 0 Å². The first kappa shape index (κ1) is 25.4. The minimum atomic E-state index is 0.981. The maximum atomic E-state index is 4.59. The van der Waals surface area contributed by atoms with Crippen LogP contribution in [0.5, 0.6) is 0 Å². The summed E-state index contributed by atoms with van der Waals surface area (Å²) in [5, 5.41) is 7.36. The van der Waals surface area contributed by atoms with Crippen molar-refractivity contribution in [3.8, 4) is 39.2 Å². The van der Waals surface area contributed by atoms with Crippen molar-refractivity contribution in [3.05, 3.63) is 164 Å². The van der Waals surface area contributed by atoms with Crippen LogP contribution in [-0.4, -0.2) is 14.5 Å². The molecule has 0 N–H and O–H groups in total. The van der Waals surface area contributed by atoms with Gasteiger partial charge in [-0.05, 0) is 75.3 Å². The van der Waals surface area contributed by atoms with Gasteiger partial charge in [-0.15, -0.1) is 0 Å². The van der Waals surface area contributed by atoms with Crippen LogP contribution in [-0.2, 0) is 0 Å². The van der Waals surface area contributed by atoms with Crippen LogP contribution in [0.2, 0.25) is 0 Å². The summed E-state index contributed by atoms with van der Waals surface area (Å²) in [4.78, 5) is 8.97. The Morgan fingerprint density at radius 1 is 0.444 bits per heavy atom. The average molecular weight is 574 g/mol. The highest BCUT2D eigenvalue weighted by Crippen LogP contribution is 2.41. The maximum Gasteiger partial charge on any atom is 0.0702 e. The zero-order valence-electron chi connectivity index (χ0n) is 24.4. The number of fused-ring (bicyclic) bond motifs is 6. The molecule has 0 radical (unpaired) electrons. The predicted molar refractivity (Wildman–Crippen MR) is 188 cm³/mol. The van der Waals surface area contributed by atoms with Gasteiger partial charge in [0.05, 0.1) is 16.7 Å². The average Bonchev–Trinajstić information content (AvgIpc) is 3.46. The summed E-state index contributed by atoms with van der Waals surface area (Å²) < 4.78 is 2.43.